The van der Waals surface area contributed by atoms with Crippen LogP contribution in [-0.4, -0.2) is 41.0 Å². The van der Waals surface area contributed by atoms with Crippen molar-refractivity contribution in [2.45, 2.75) is 52.4 Å². The number of benzene rings is 2. The van der Waals surface area contributed by atoms with Crippen LogP contribution in [0, 0.1) is 5.41 Å². The maximum Gasteiger partial charge on any atom is 0.309 e. The number of aromatic nitrogens is 1. The summed E-state index contributed by atoms with van der Waals surface area (Å²) in [5, 5.41) is 9.92. The van der Waals surface area contributed by atoms with E-state index in [0.717, 1.165) is 29.7 Å². The second-order valence-electron chi connectivity index (χ2n) is 10.5. The van der Waals surface area contributed by atoms with Crippen LogP contribution >= 0.6 is 11.6 Å². The molecule has 2 heterocycles. The van der Waals surface area contributed by atoms with Gasteiger partial charge in [-0.2, -0.15) is 0 Å². The molecule has 8 heteroatoms. The quantitative estimate of drug-likeness (QED) is 0.337. The lowest BCUT2D eigenvalue weighted by molar-refractivity contribution is -0.147. The fourth-order valence-electron chi connectivity index (χ4n) is 5.00. The van der Waals surface area contributed by atoms with Crippen molar-refractivity contribution < 1.29 is 19.5 Å². The zero-order chi connectivity index (χ0) is 28.2. The molecule has 7 nitrogen and oxygen atoms in total. The molecule has 0 spiro atoms. The molecule has 204 valence electrons. The van der Waals surface area contributed by atoms with Crippen LogP contribution in [0.2, 0.25) is 5.02 Å². The van der Waals surface area contributed by atoms with Crippen LogP contribution in [0.15, 0.2) is 67.0 Å². The number of carboxylic acid groups (broad SMARTS) is 1. The molecule has 1 atom stereocenters. The van der Waals surface area contributed by atoms with Crippen LogP contribution in [0.4, 0.5) is 11.4 Å². The molecule has 3 aromatic rings. The molecule has 0 fully saturated rings. The van der Waals surface area contributed by atoms with Gasteiger partial charge in [-0.1, -0.05) is 23.7 Å². The molecular formula is C31H34ClN3O4. The molecular weight excluding hydrogens is 514 g/mol. The highest BCUT2D eigenvalue weighted by Gasteiger charge is 2.35. The van der Waals surface area contributed by atoms with Gasteiger partial charge in [-0.25, -0.2) is 0 Å². The van der Waals surface area contributed by atoms with E-state index in [4.69, 9.17) is 11.6 Å². The topological polar surface area (TPSA) is 90.8 Å². The van der Waals surface area contributed by atoms with Crippen LogP contribution in [0.25, 0.3) is 0 Å². The van der Waals surface area contributed by atoms with E-state index in [9.17, 15) is 19.5 Å². The first-order valence-corrected chi connectivity index (χ1v) is 13.6. The van der Waals surface area contributed by atoms with Gasteiger partial charge in [0.25, 0.3) is 5.91 Å². The molecule has 1 unspecified atom stereocenters. The SMILES string of the molecule is CCN(C(=O)C1CCN(C(=O)c2ccc(CCCC(C)(C)C(=O)O)cc2)c2cnccc21)c1ccc(Cl)cc1. The molecule has 39 heavy (non-hydrogen) atoms. The highest BCUT2D eigenvalue weighted by Crippen LogP contribution is 2.37. The number of nitrogens with zero attached hydrogens (tertiary/aromatic N) is 3. The van der Waals surface area contributed by atoms with Gasteiger partial charge >= 0.3 is 5.97 Å². The number of anilines is 2. The number of pyridine rings is 1. The molecule has 2 amide bonds. The Kier molecular flexibility index (Phi) is 8.70. The van der Waals surface area contributed by atoms with Crippen LogP contribution in [0.1, 0.15) is 67.4 Å². The number of amides is 2. The highest BCUT2D eigenvalue weighted by molar-refractivity contribution is 6.30. The molecule has 0 aliphatic carbocycles. The number of halogens is 1. The Morgan fingerprint density at radius 3 is 2.41 bits per heavy atom. The lowest BCUT2D eigenvalue weighted by Crippen LogP contribution is -2.42. The first-order valence-electron chi connectivity index (χ1n) is 13.3. The molecule has 0 saturated carbocycles. The summed E-state index contributed by atoms with van der Waals surface area (Å²) in [6, 6.07) is 16.5. The highest BCUT2D eigenvalue weighted by atomic mass is 35.5. The fraction of sp³-hybridized carbons (Fsp3) is 0.355. The normalized spacial score (nSPS) is 15.0. The Bertz CT molecular complexity index is 1340. The molecule has 0 bridgehead atoms. The predicted octanol–water partition coefficient (Wildman–Crippen LogP) is 6.36. The average Bonchev–Trinajstić information content (AvgIpc) is 2.93. The Labute approximate surface area is 234 Å². The minimum atomic E-state index is -0.795. The number of carboxylic acids is 1. The Balaban J connectivity index is 1.49. The minimum Gasteiger partial charge on any atom is -0.481 e. The monoisotopic (exact) mass is 547 g/mol. The summed E-state index contributed by atoms with van der Waals surface area (Å²) in [5.74, 6) is -1.34. The van der Waals surface area contributed by atoms with Gasteiger partial charge in [-0.15, -0.1) is 0 Å². The average molecular weight is 548 g/mol. The van der Waals surface area contributed by atoms with Crippen molar-refractivity contribution in [2.75, 3.05) is 22.9 Å². The maximum atomic E-state index is 13.7. The van der Waals surface area contributed by atoms with Crippen molar-refractivity contribution in [1.29, 1.82) is 0 Å². The zero-order valence-corrected chi connectivity index (χ0v) is 23.3. The Hall–Kier alpha value is -3.71. The third-order valence-electron chi connectivity index (χ3n) is 7.45. The van der Waals surface area contributed by atoms with E-state index in [1.165, 1.54) is 0 Å². The van der Waals surface area contributed by atoms with E-state index in [1.807, 2.05) is 49.4 Å². The maximum absolute atomic E-state index is 13.7. The number of hydrogen-bond acceptors (Lipinski definition) is 4. The van der Waals surface area contributed by atoms with Gasteiger partial charge in [0.05, 0.1) is 23.2 Å². The number of fused-ring (bicyclic) bond motifs is 1. The standard InChI is InChI=1S/C31H34ClN3O4/c1-4-34(24-13-11-23(32)12-14-24)29(37)26-16-19-35(27-20-33-18-15-25(26)27)28(36)22-9-7-21(8-10-22)6-5-17-31(2,3)30(38)39/h7-15,18,20,26H,4-6,16-17,19H2,1-3H3,(H,38,39). The molecule has 1 aromatic heterocycles. The summed E-state index contributed by atoms with van der Waals surface area (Å²) in [6.07, 6.45) is 5.89. The van der Waals surface area contributed by atoms with Crippen molar-refractivity contribution in [2.24, 2.45) is 5.41 Å². The van der Waals surface area contributed by atoms with Crippen molar-refractivity contribution in [3.05, 3.63) is 88.7 Å². The number of aryl methyl sites for hydroxylation is 1. The van der Waals surface area contributed by atoms with Gasteiger partial charge in [0.2, 0.25) is 5.91 Å². The smallest absolute Gasteiger partial charge is 0.309 e. The van der Waals surface area contributed by atoms with Crippen molar-refractivity contribution in [3.63, 3.8) is 0 Å². The number of rotatable bonds is 9. The van der Waals surface area contributed by atoms with E-state index in [-0.39, 0.29) is 17.7 Å². The Morgan fingerprint density at radius 2 is 1.77 bits per heavy atom. The van der Waals surface area contributed by atoms with Crippen molar-refractivity contribution in [1.82, 2.24) is 4.98 Å². The molecule has 4 rings (SSSR count). The molecule has 0 saturated heterocycles. The van der Waals surface area contributed by atoms with Gasteiger partial charge in [0.1, 0.15) is 0 Å². The molecule has 1 aliphatic rings. The van der Waals surface area contributed by atoms with Gasteiger partial charge in [-0.05, 0) is 100 Å². The minimum absolute atomic E-state index is 0.0187. The van der Waals surface area contributed by atoms with E-state index >= 15 is 0 Å². The van der Waals surface area contributed by atoms with E-state index in [2.05, 4.69) is 4.98 Å². The first kappa shape index (κ1) is 28.3. The summed E-state index contributed by atoms with van der Waals surface area (Å²) in [6.45, 7) is 6.32. The second kappa shape index (κ2) is 12.0. The van der Waals surface area contributed by atoms with Gasteiger partial charge in [0, 0.05) is 35.6 Å². The number of hydrogen-bond donors (Lipinski definition) is 1. The summed E-state index contributed by atoms with van der Waals surface area (Å²) in [7, 11) is 0. The van der Waals surface area contributed by atoms with Crippen molar-refractivity contribution >= 4 is 40.8 Å². The summed E-state index contributed by atoms with van der Waals surface area (Å²) < 4.78 is 0. The molecule has 1 N–H and O–H groups in total. The summed E-state index contributed by atoms with van der Waals surface area (Å²) in [5.41, 5.74) is 3.08. The summed E-state index contributed by atoms with van der Waals surface area (Å²) >= 11 is 6.04. The van der Waals surface area contributed by atoms with Crippen LogP contribution in [0.5, 0.6) is 0 Å². The van der Waals surface area contributed by atoms with Gasteiger partial charge < -0.3 is 14.9 Å². The first-order chi connectivity index (χ1) is 18.6. The lowest BCUT2D eigenvalue weighted by atomic mass is 9.86. The van der Waals surface area contributed by atoms with Crippen molar-refractivity contribution in [3.8, 4) is 0 Å². The third-order valence-corrected chi connectivity index (χ3v) is 7.70. The summed E-state index contributed by atoms with van der Waals surface area (Å²) in [4.78, 5) is 46.3. The van der Waals surface area contributed by atoms with Gasteiger partial charge in [0.15, 0.2) is 0 Å². The molecule has 1 aliphatic heterocycles. The van der Waals surface area contributed by atoms with Crippen LogP contribution in [-0.2, 0) is 16.0 Å². The largest absolute Gasteiger partial charge is 0.481 e. The van der Waals surface area contributed by atoms with E-state index < -0.39 is 11.4 Å². The fourth-order valence-corrected chi connectivity index (χ4v) is 5.13. The zero-order valence-electron chi connectivity index (χ0n) is 22.6. The van der Waals surface area contributed by atoms with Gasteiger partial charge in [-0.3, -0.25) is 19.4 Å². The predicted molar refractivity (Wildman–Crippen MR) is 154 cm³/mol. The van der Waals surface area contributed by atoms with E-state index in [1.54, 1.807) is 48.2 Å². The molecule has 2 aromatic carbocycles. The number of likely N-dealkylation sites (N-methyl/N-ethyl adjacent to an activating group) is 1. The lowest BCUT2D eigenvalue weighted by Gasteiger charge is -2.35. The third kappa shape index (κ3) is 6.31. The second-order valence-corrected chi connectivity index (χ2v) is 11.0. The number of carbonyl (C=O) groups excluding carboxylic acids is 2. The Morgan fingerprint density at radius 1 is 1.08 bits per heavy atom. The number of aliphatic carboxylic acids is 1. The number of carbonyl (C=O) groups is 3. The van der Waals surface area contributed by atoms with Crippen LogP contribution < -0.4 is 9.80 Å². The molecule has 0 radical (unpaired) electrons. The van der Waals surface area contributed by atoms with Crippen LogP contribution in [0.3, 0.4) is 0 Å². The van der Waals surface area contributed by atoms with E-state index in [0.29, 0.717) is 42.2 Å².